The number of hydrogen-bond donors (Lipinski definition) is 1. The van der Waals surface area contributed by atoms with Gasteiger partial charge in [-0.05, 0) is 11.5 Å². The first-order valence-electron chi connectivity index (χ1n) is 10.3. The minimum atomic E-state index is -0.557. The Morgan fingerprint density at radius 3 is 2.86 bits per heavy atom. The molecule has 4 heteroatoms. The highest BCUT2D eigenvalue weighted by molar-refractivity contribution is 5.72. The third kappa shape index (κ3) is 5.25. The summed E-state index contributed by atoms with van der Waals surface area (Å²) in [5.74, 6) is 6.29. The molecule has 1 aliphatic heterocycles. The second-order valence-electron chi connectivity index (χ2n) is 7.81. The zero-order valence-corrected chi connectivity index (χ0v) is 16.7. The lowest BCUT2D eigenvalue weighted by molar-refractivity contribution is -0.142. The van der Waals surface area contributed by atoms with Crippen LogP contribution in [-0.4, -0.2) is 29.4 Å². The first-order chi connectivity index (χ1) is 13.6. The SMILES string of the molecule is CCC#CC[C@H](C)[C@@H](O)/C=C/[C@@H]1[C@H]2CC(=O)O[C@H]2C[C@H]1OCc1ccccc1. The van der Waals surface area contributed by atoms with Crippen molar-refractivity contribution in [1.82, 2.24) is 0 Å². The summed E-state index contributed by atoms with van der Waals surface area (Å²) < 4.78 is 11.7. The molecule has 2 fully saturated rings. The molecule has 28 heavy (non-hydrogen) atoms. The molecular formula is C24H30O4. The number of carbonyl (C=O) groups is 1. The van der Waals surface area contributed by atoms with Crippen LogP contribution in [0.4, 0.5) is 0 Å². The maximum absolute atomic E-state index is 11.7. The average Bonchev–Trinajstić information content (AvgIpc) is 3.21. The molecule has 0 radical (unpaired) electrons. The molecule has 4 nitrogen and oxygen atoms in total. The van der Waals surface area contributed by atoms with Gasteiger partial charge in [-0.25, -0.2) is 0 Å². The number of aliphatic hydroxyl groups is 1. The summed E-state index contributed by atoms with van der Waals surface area (Å²) in [4.78, 5) is 11.7. The van der Waals surface area contributed by atoms with Gasteiger partial charge in [-0.1, -0.05) is 56.3 Å². The van der Waals surface area contributed by atoms with Gasteiger partial charge in [0.1, 0.15) is 6.10 Å². The summed E-state index contributed by atoms with van der Waals surface area (Å²) in [6, 6.07) is 10.1. The molecule has 1 aliphatic carbocycles. The van der Waals surface area contributed by atoms with Crippen molar-refractivity contribution in [3.8, 4) is 11.8 Å². The normalized spacial score (nSPS) is 28.5. The van der Waals surface area contributed by atoms with Crippen LogP contribution in [0.25, 0.3) is 0 Å². The van der Waals surface area contributed by atoms with Crippen molar-refractivity contribution < 1.29 is 19.4 Å². The summed E-state index contributed by atoms with van der Waals surface area (Å²) in [5, 5.41) is 10.5. The molecule has 1 aromatic carbocycles. The third-order valence-electron chi connectivity index (χ3n) is 5.70. The van der Waals surface area contributed by atoms with Gasteiger partial charge in [0.15, 0.2) is 0 Å². The lowest BCUT2D eigenvalue weighted by atomic mass is 9.90. The highest BCUT2D eigenvalue weighted by Gasteiger charge is 2.49. The van der Waals surface area contributed by atoms with E-state index in [2.05, 4.69) is 11.8 Å². The monoisotopic (exact) mass is 382 g/mol. The topological polar surface area (TPSA) is 55.8 Å². The second kappa shape index (κ2) is 9.91. The fourth-order valence-corrected chi connectivity index (χ4v) is 4.03. The summed E-state index contributed by atoms with van der Waals surface area (Å²) in [6.07, 6.45) is 5.89. The zero-order valence-electron chi connectivity index (χ0n) is 16.7. The van der Waals surface area contributed by atoms with Crippen molar-refractivity contribution in [2.24, 2.45) is 17.8 Å². The van der Waals surface area contributed by atoms with Crippen molar-refractivity contribution >= 4 is 5.97 Å². The number of benzene rings is 1. The molecular weight excluding hydrogens is 352 g/mol. The number of aliphatic hydroxyl groups excluding tert-OH is 1. The van der Waals surface area contributed by atoms with Crippen LogP contribution in [-0.2, 0) is 20.9 Å². The molecule has 1 saturated heterocycles. The molecule has 150 valence electrons. The first-order valence-corrected chi connectivity index (χ1v) is 10.3. The van der Waals surface area contributed by atoms with Gasteiger partial charge in [-0.2, -0.15) is 0 Å². The Morgan fingerprint density at radius 1 is 1.32 bits per heavy atom. The number of esters is 1. The number of fused-ring (bicyclic) bond motifs is 1. The Balaban J connectivity index is 1.64. The molecule has 1 saturated carbocycles. The highest BCUT2D eigenvalue weighted by Crippen LogP contribution is 2.43. The van der Waals surface area contributed by atoms with E-state index in [1.807, 2.05) is 56.3 Å². The van der Waals surface area contributed by atoms with Crippen LogP contribution in [0.3, 0.4) is 0 Å². The Labute approximate surface area is 167 Å². The van der Waals surface area contributed by atoms with Gasteiger partial charge in [-0.3, -0.25) is 4.79 Å². The molecule has 0 bridgehead atoms. The number of hydrogen-bond acceptors (Lipinski definition) is 4. The summed E-state index contributed by atoms with van der Waals surface area (Å²) in [7, 11) is 0. The number of carbonyl (C=O) groups excluding carboxylic acids is 1. The van der Waals surface area contributed by atoms with Gasteiger partial charge in [0, 0.05) is 31.1 Å². The maximum Gasteiger partial charge on any atom is 0.306 e. The maximum atomic E-state index is 11.7. The molecule has 3 rings (SSSR count). The van der Waals surface area contributed by atoms with Crippen molar-refractivity contribution in [3.05, 3.63) is 48.0 Å². The van der Waals surface area contributed by atoms with Gasteiger partial charge < -0.3 is 14.6 Å². The van der Waals surface area contributed by atoms with Crippen LogP contribution in [0, 0.1) is 29.6 Å². The molecule has 0 amide bonds. The van der Waals surface area contributed by atoms with Crippen molar-refractivity contribution in [2.75, 3.05) is 0 Å². The standard InChI is InChI=1S/C24H30O4/c1-3-4-6-9-17(2)21(25)13-12-19-20-14-24(26)28-23(20)15-22(19)27-16-18-10-7-5-8-11-18/h5,7-8,10-13,17,19-23,25H,3,9,14-16H2,1-2H3/b13-12+/t17-,19+,20+,21-,22+,23-/m0/s1. The Bertz CT molecular complexity index is 730. The van der Waals surface area contributed by atoms with Crippen molar-refractivity contribution in [2.45, 2.75) is 64.4 Å². The number of ether oxygens (including phenoxy) is 2. The molecule has 0 spiro atoms. The van der Waals surface area contributed by atoms with E-state index in [1.165, 1.54) is 0 Å². The molecule has 2 aliphatic rings. The van der Waals surface area contributed by atoms with E-state index in [0.29, 0.717) is 25.9 Å². The van der Waals surface area contributed by atoms with Crippen LogP contribution in [0.15, 0.2) is 42.5 Å². The van der Waals surface area contributed by atoms with Crippen LogP contribution < -0.4 is 0 Å². The first kappa shape index (κ1) is 20.6. The molecule has 0 aromatic heterocycles. The van der Waals surface area contributed by atoms with Crippen LogP contribution in [0.5, 0.6) is 0 Å². The fraction of sp³-hybridized carbons (Fsp3) is 0.542. The van der Waals surface area contributed by atoms with E-state index >= 15 is 0 Å². The van der Waals surface area contributed by atoms with Crippen LogP contribution in [0.1, 0.15) is 45.1 Å². The molecule has 1 N–H and O–H groups in total. The lowest BCUT2D eigenvalue weighted by Gasteiger charge is -2.21. The van der Waals surface area contributed by atoms with Crippen LogP contribution in [0.2, 0.25) is 0 Å². The third-order valence-corrected chi connectivity index (χ3v) is 5.70. The Kier molecular flexibility index (Phi) is 7.30. The predicted molar refractivity (Wildman–Crippen MR) is 108 cm³/mol. The van der Waals surface area contributed by atoms with E-state index in [9.17, 15) is 9.90 Å². The molecule has 1 heterocycles. The van der Waals surface area contributed by atoms with Crippen molar-refractivity contribution in [3.63, 3.8) is 0 Å². The second-order valence-corrected chi connectivity index (χ2v) is 7.81. The minimum absolute atomic E-state index is 0.0121. The van der Waals surface area contributed by atoms with E-state index in [1.54, 1.807) is 0 Å². The Hall–Kier alpha value is -2.09. The molecule has 1 aromatic rings. The average molecular weight is 383 g/mol. The molecule has 0 unspecified atom stereocenters. The molecule has 6 atom stereocenters. The Morgan fingerprint density at radius 2 is 2.11 bits per heavy atom. The fourth-order valence-electron chi connectivity index (χ4n) is 4.03. The summed E-state index contributed by atoms with van der Waals surface area (Å²) >= 11 is 0. The van der Waals surface area contributed by atoms with Gasteiger partial charge in [0.2, 0.25) is 0 Å². The number of rotatable bonds is 7. The van der Waals surface area contributed by atoms with E-state index in [-0.39, 0.29) is 35.9 Å². The largest absolute Gasteiger partial charge is 0.462 e. The summed E-state index contributed by atoms with van der Waals surface area (Å²) in [5.41, 5.74) is 1.13. The van der Waals surface area contributed by atoms with Gasteiger partial charge >= 0.3 is 5.97 Å². The van der Waals surface area contributed by atoms with Gasteiger partial charge in [0.05, 0.1) is 25.2 Å². The van der Waals surface area contributed by atoms with E-state index in [0.717, 1.165) is 12.0 Å². The van der Waals surface area contributed by atoms with E-state index < -0.39 is 6.10 Å². The highest BCUT2D eigenvalue weighted by atomic mass is 16.6. The van der Waals surface area contributed by atoms with E-state index in [4.69, 9.17) is 9.47 Å². The predicted octanol–water partition coefficient (Wildman–Crippen LogP) is 3.88. The zero-order chi connectivity index (χ0) is 19.9. The van der Waals surface area contributed by atoms with Crippen molar-refractivity contribution in [1.29, 1.82) is 0 Å². The van der Waals surface area contributed by atoms with Gasteiger partial charge in [-0.15, -0.1) is 11.8 Å². The quantitative estimate of drug-likeness (QED) is 0.442. The van der Waals surface area contributed by atoms with Gasteiger partial charge in [0.25, 0.3) is 0 Å². The lowest BCUT2D eigenvalue weighted by Crippen LogP contribution is -2.22. The smallest absolute Gasteiger partial charge is 0.306 e. The summed E-state index contributed by atoms with van der Waals surface area (Å²) in [6.45, 7) is 4.56. The minimum Gasteiger partial charge on any atom is -0.462 e. The van der Waals surface area contributed by atoms with Crippen LogP contribution >= 0.6 is 0 Å².